The third-order valence-corrected chi connectivity index (χ3v) is 6.85. The van der Waals surface area contributed by atoms with Gasteiger partial charge in [-0.3, -0.25) is 14.6 Å². The number of pyridine rings is 1. The second-order valence-electron chi connectivity index (χ2n) is 8.57. The highest BCUT2D eigenvalue weighted by Crippen LogP contribution is 2.35. The highest BCUT2D eigenvalue weighted by Gasteiger charge is 2.32. The van der Waals surface area contributed by atoms with Crippen molar-refractivity contribution < 1.29 is 19.1 Å². The number of fused-ring (bicyclic) bond motifs is 1. The Morgan fingerprint density at radius 3 is 2.03 bits per heavy atom. The molecule has 0 saturated carbocycles. The van der Waals surface area contributed by atoms with Crippen LogP contribution in [0.25, 0.3) is 0 Å². The Morgan fingerprint density at radius 1 is 0.806 bits per heavy atom. The number of carbonyl (C=O) groups is 2. The van der Waals surface area contributed by atoms with Gasteiger partial charge in [0.25, 0.3) is 11.8 Å². The fraction of sp³-hybridized carbons (Fsp3) is 0.458. The Labute approximate surface area is 182 Å². The summed E-state index contributed by atoms with van der Waals surface area (Å²) >= 11 is 0. The molecule has 1 aromatic heterocycles. The van der Waals surface area contributed by atoms with Crippen LogP contribution in [0.4, 0.5) is 0 Å². The molecule has 0 bridgehead atoms. The van der Waals surface area contributed by atoms with Crippen molar-refractivity contribution in [2.75, 3.05) is 33.0 Å². The Balaban J connectivity index is 1.12. The Bertz CT molecular complexity index is 949. The lowest BCUT2D eigenvalue weighted by Crippen LogP contribution is -2.44. The molecule has 162 valence electrons. The summed E-state index contributed by atoms with van der Waals surface area (Å²) in [6.45, 7) is 3.38. The van der Waals surface area contributed by atoms with Gasteiger partial charge in [-0.1, -0.05) is 0 Å². The van der Waals surface area contributed by atoms with E-state index in [1.807, 2.05) is 28.0 Å². The molecule has 7 nitrogen and oxygen atoms in total. The van der Waals surface area contributed by atoms with Gasteiger partial charge in [-0.2, -0.15) is 0 Å². The van der Waals surface area contributed by atoms with Gasteiger partial charge in [0, 0.05) is 44.1 Å². The molecule has 5 rings (SSSR count). The monoisotopic (exact) mass is 421 g/mol. The summed E-state index contributed by atoms with van der Waals surface area (Å²) < 4.78 is 10.7. The second kappa shape index (κ2) is 8.57. The smallest absolute Gasteiger partial charge is 0.255 e. The standard InChI is InChI=1S/C24H27N3O4/c28-23(19-3-4-21-22(14-19)31-16-30-21)26-10-5-17(6-11-26)18-7-12-27(13-8-18)24(29)20-2-1-9-25-15-20/h1-4,9,14-15,17-18H,5-8,10-13,16H2. The van der Waals surface area contributed by atoms with Crippen LogP contribution in [0, 0.1) is 11.8 Å². The molecule has 2 aromatic rings. The normalized spacial score (nSPS) is 19.5. The van der Waals surface area contributed by atoms with Crippen LogP contribution in [0.3, 0.4) is 0 Å². The van der Waals surface area contributed by atoms with Crippen molar-refractivity contribution in [3.8, 4) is 11.5 Å². The maximum atomic E-state index is 12.9. The fourth-order valence-corrected chi connectivity index (χ4v) is 5.03. The fourth-order valence-electron chi connectivity index (χ4n) is 5.03. The maximum absolute atomic E-state index is 12.9. The molecular formula is C24H27N3O4. The van der Waals surface area contributed by atoms with E-state index in [-0.39, 0.29) is 18.6 Å². The minimum absolute atomic E-state index is 0.0636. The Kier molecular flexibility index (Phi) is 5.49. The number of amides is 2. The molecule has 2 amide bonds. The van der Waals surface area contributed by atoms with Gasteiger partial charge >= 0.3 is 0 Å². The minimum Gasteiger partial charge on any atom is -0.454 e. The number of hydrogen-bond acceptors (Lipinski definition) is 5. The van der Waals surface area contributed by atoms with E-state index in [9.17, 15) is 9.59 Å². The molecule has 3 aliphatic rings. The summed E-state index contributed by atoms with van der Waals surface area (Å²) in [6, 6.07) is 9.04. The lowest BCUT2D eigenvalue weighted by Gasteiger charge is -2.40. The van der Waals surface area contributed by atoms with E-state index < -0.39 is 0 Å². The summed E-state index contributed by atoms with van der Waals surface area (Å²) in [4.78, 5) is 33.5. The van der Waals surface area contributed by atoms with Crippen molar-refractivity contribution in [3.63, 3.8) is 0 Å². The van der Waals surface area contributed by atoms with Gasteiger partial charge < -0.3 is 19.3 Å². The molecule has 0 N–H and O–H groups in total. The van der Waals surface area contributed by atoms with E-state index >= 15 is 0 Å². The first-order valence-corrected chi connectivity index (χ1v) is 11.1. The topological polar surface area (TPSA) is 72.0 Å². The highest BCUT2D eigenvalue weighted by molar-refractivity contribution is 5.95. The number of rotatable bonds is 3. The number of piperidine rings is 2. The van der Waals surface area contributed by atoms with Crippen molar-refractivity contribution in [2.24, 2.45) is 11.8 Å². The van der Waals surface area contributed by atoms with Crippen molar-refractivity contribution in [3.05, 3.63) is 53.9 Å². The number of nitrogens with zero attached hydrogens (tertiary/aromatic N) is 3. The Hall–Kier alpha value is -3.09. The first-order chi connectivity index (χ1) is 15.2. The first kappa shape index (κ1) is 19.8. The van der Waals surface area contributed by atoms with Crippen LogP contribution in [-0.4, -0.2) is 59.6 Å². The highest BCUT2D eigenvalue weighted by atomic mass is 16.7. The first-order valence-electron chi connectivity index (χ1n) is 11.1. The summed E-state index contributed by atoms with van der Waals surface area (Å²) in [5.41, 5.74) is 1.32. The van der Waals surface area contributed by atoms with Crippen LogP contribution in [0.2, 0.25) is 0 Å². The van der Waals surface area contributed by atoms with Gasteiger partial charge in [0.15, 0.2) is 11.5 Å². The quantitative estimate of drug-likeness (QED) is 0.761. The van der Waals surface area contributed by atoms with Gasteiger partial charge in [-0.15, -0.1) is 0 Å². The third-order valence-electron chi connectivity index (χ3n) is 6.85. The largest absolute Gasteiger partial charge is 0.454 e. The SMILES string of the molecule is O=C(c1cccnc1)N1CCC(C2CCN(C(=O)c3ccc4c(c3)OCO4)CC2)CC1. The zero-order valence-electron chi connectivity index (χ0n) is 17.5. The molecule has 31 heavy (non-hydrogen) atoms. The van der Waals surface area contributed by atoms with Crippen molar-refractivity contribution in [1.29, 1.82) is 0 Å². The zero-order valence-corrected chi connectivity index (χ0v) is 17.5. The van der Waals surface area contributed by atoms with Crippen LogP contribution in [0.5, 0.6) is 11.5 Å². The molecule has 4 heterocycles. The number of benzene rings is 1. The lowest BCUT2D eigenvalue weighted by atomic mass is 9.78. The molecule has 0 atom stereocenters. The van der Waals surface area contributed by atoms with Gasteiger partial charge in [0.1, 0.15) is 0 Å². The molecule has 0 aliphatic carbocycles. The van der Waals surface area contributed by atoms with Crippen LogP contribution in [-0.2, 0) is 0 Å². The average molecular weight is 421 g/mol. The summed E-state index contributed by atoms with van der Waals surface area (Å²) in [7, 11) is 0. The van der Waals surface area contributed by atoms with Crippen LogP contribution in [0.15, 0.2) is 42.7 Å². The van der Waals surface area contributed by atoms with E-state index in [0.29, 0.717) is 34.5 Å². The van der Waals surface area contributed by atoms with Gasteiger partial charge in [0.2, 0.25) is 6.79 Å². The van der Waals surface area contributed by atoms with E-state index in [2.05, 4.69) is 4.98 Å². The molecular weight excluding hydrogens is 394 g/mol. The van der Waals surface area contributed by atoms with Crippen molar-refractivity contribution in [1.82, 2.24) is 14.8 Å². The van der Waals surface area contributed by atoms with Crippen LogP contribution in [0.1, 0.15) is 46.4 Å². The van der Waals surface area contributed by atoms with E-state index in [0.717, 1.165) is 51.9 Å². The predicted molar refractivity (Wildman–Crippen MR) is 114 cm³/mol. The van der Waals surface area contributed by atoms with Gasteiger partial charge in [0.05, 0.1) is 5.56 Å². The number of hydrogen-bond donors (Lipinski definition) is 0. The van der Waals surface area contributed by atoms with Crippen LogP contribution < -0.4 is 9.47 Å². The number of aromatic nitrogens is 1. The summed E-state index contributed by atoms with van der Waals surface area (Å²) in [5.74, 6) is 2.73. The average Bonchev–Trinajstić information content (AvgIpc) is 3.32. The molecule has 3 aliphatic heterocycles. The van der Waals surface area contributed by atoms with E-state index in [4.69, 9.17) is 9.47 Å². The zero-order chi connectivity index (χ0) is 21.2. The van der Waals surface area contributed by atoms with Gasteiger partial charge in [-0.25, -0.2) is 0 Å². The molecule has 0 radical (unpaired) electrons. The van der Waals surface area contributed by atoms with Crippen LogP contribution >= 0.6 is 0 Å². The van der Waals surface area contributed by atoms with Crippen molar-refractivity contribution >= 4 is 11.8 Å². The molecule has 0 unspecified atom stereocenters. The third kappa shape index (κ3) is 4.09. The molecule has 2 saturated heterocycles. The molecule has 1 aromatic carbocycles. The Morgan fingerprint density at radius 2 is 1.42 bits per heavy atom. The number of ether oxygens (including phenoxy) is 2. The second-order valence-corrected chi connectivity index (χ2v) is 8.57. The number of carbonyl (C=O) groups excluding carboxylic acids is 2. The summed E-state index contributed by atoms with van der Waals surface area (Å²) in [5, 5.41) is 0. The molecule has 2 fully saturated rings. The van der Waals surface area contributed by atoms with Crippen molar-refractivity contribution in [2.45, 2.75) is 25.7 Å². The van der Waals surface area contributed by atoms with E-state index in [1.54, 1.807) is 24.5 Å². The predicted octanol–water partition coefficient (Wildman–Crippen LogP) is 3.21. The number of likely N-dealkylation sites (tertiary alicyclic amines) is 2. The molecule has 7 heteroatoms. The lowest BCUT2D eigenvalue weighted by molar-refractivity contribution is 0.0537. The minimum atomic E-state index is 0.0636. The van der Waals surface area contributed by atoms with E-state index in [1.165, 1.54) is 0 Å². The summed E-state index contributed by atoms with van der Waals surface area (Å²) in [6.07, 6.45) is 7.45. The van der Waals surface area contributed by atoms with Gasteiger partial charge in [-0.05, 0) is 67.9 Å². The maximum Gasteiger partial charge on any atom is 0.255 e. The molecule has 0 spiro atoms.